The number of hydrogen-bond acceptors (Lipinski definition) is 2. The van der Waals surface area contributed by atoms with Crippen LogP contribution in [0.4, 0.5) is 0 Å². The molecule has 20 heavy (non-hydrogen) atoms. The molecule has 0 aromatic carbocycles. The van der Waals surface area contributed by atoms with Gasteiger partial charge in [-0.25, -0.2) is 0 Å². The van der Waals surface area contributed by atoms with E-state index in [0.717, 1.165) is 25.9 Å². The summed E-state index contributed by atoms with van der Waals surface area (Å²) in [4.78, 5) is 13.9. The van der Waals surface area contributed by atoms with Crippen LogP contribution in [0.3, 0.4) is 0 Å². The van der Waals surface area contributed by atoms with Crippen molar-refractivity contribution in [2.24, 2.45) is 17.3 Å². The predicted molar refractivity (Wildman–Crippen MR) is 81.8 cm³/mol. The normalized spacial score (nSPS) is 16.8. The Labute approximate surface area is 123 Å². The van der Waals surface area contributed by atoms with E-state index in [0.29, 0.717) is 18.8 Å². The predicted octanol–water partition coefficient (Wildman–Crippen LogP) is 3.54. The Morgan fingerprint density at radius 2 is 1.85 bits per heavy atom. The fraction of sp³-hybridized carbons (Fsp3) is 0.647. The Kier molecular flexibility index (Phi) is 6.01. The number of rotatable bonds is 6. The zero-order valence-electron chi connectivity index (χ0n) is 12.8. The van der Waals surface area contributed by atoms with Gasteiger partial charge in [-0.1, -0.05) is 26.0 Å². The van der Waals surface area contributed by atoms with Crippen molar-refractivity contribution in [1.82, 2.24) is 4.90 Å². The number of nitrogens with zero attached hydrogens (tertiary/aromatic N) is 2. The van der Waals surface area contributed by atoms with Crippen molar-refractivity contribution in [3.05, 3.63) is 25.3 Å². The van der Waals surface area contributed by atoms with E-state index in [2.05, 4.69) is 19.2 Å². The molecule has 1 fully saturated rings. The molecule has 0 radical (unpaired) electrons. The van der Waals surface area contributed by atoms with E-state index in [1.807, 2.05) is 30.9 Å². The summed E-state index contributed by atoms with van der Waals surface area (Å²) in [6.07, 6.45) is 6.84. The molecule has 3 nitrogen and oxygen atoms in total. The molecule has 1 heterocycles. The number of hydrogen-bond donors (Lipinski definition) is 0. The Morgan fingerprint density at radius 1 is 1.35 bits per heavy atom. The Morgan fingerprint density at radius 3 is 2.20 bits per heavy atom. The summed E-state index contributed by atoms with van der Waals surface area (Å²) in [5.41, 5.74) is -0.392. The van der Waals surface area contributed by atoms with Gasteiger partial charge in [0.1, 0.15) is 0 Å². The number of allylic oxidation sites excluding steroid dienone is 2. The van der Waals surface area contributed by atoms with Crippen molar-refractivity contribution in [1.29, 1.82) is 5.26 Å². The molecule has 110 valence electrons. The van der Waals surface area contributed by atoms with Crippen molar-refractivity contribution in [3.8, 4) is 6.07 Å². The lowest BCUT2D eigenvalue weighted by Gasteiger charge is -2.40. The third-order valence-electron chi connectivity index (χ3n) is 4.32. The summed E-state index contributed by atoms with van der Waals surface area (Å²) < 4.78 is 0. The molecule has 0 atom stereocenters. The van der Waals surface area contributed by atoms with Gasteiger partial charge in [0.15, 0.2) is 0 Å². The van der Waals surface area contributed by atoms with E-state index < -0.39 is 5.41 Å². The highest BCUT2D eigenvalue weighted by Crippen LogP contribution is 2.41. The molecule has 1 aliphatic rings. The van der Waals surface area contributed by atoms with Crippen molar-refractivity contribution < 1.29 is 4.79 Å². The van der Waals surface area contributed by atoms with Crippen LogP contribution in [-0.4, -0.2) is 23.9 Å². The Bertz CT molecular complexity index is 388. The standard InChI is InChI=1S/C17H26N2O/c1-5-9-17(13-18,10-6-2)15-7-11-19(12-8-15)16(20)14(3)4/h5-6,14-15H,1-2,7-12H2,3-4H3. The van der Waals surface area contributed by atoms with Crippen LogP contribution in [0.5, 0.6) is 0 Å². The smallest absolute Gasteiger partial charge is 0.225 e. The van der Waals surface area contributed by atoms with Crippen molar-refractivity contribution in [2.75, 3.05) is 13.1 Å². The number of piperidine rings is 1. The van der Waals surface area contributed by atoms with E-state index in [1.54, 1.807) is 0 Å². The van der Waals surface area contributed by atoms with Crippen molar-refractivity contribution >= 4 is 5.91 Å². The van der Waals surface area contributed by atoms with Crippen LogP contribution in [0.25, 0.3) is 0 Å². The first kappa shape index (κ1) is 16.5. The quantitative estimate of drug-likeness (QED) is 0.695. The molecular weight excluding hydrogens is 248 g/mol. The van der Waals surface area contributed by atoms with Crippen molar-refractivity contribution in [2.45, 2.75) is 39.5 Å². The van der Waals surface area contributed by atoms with Gasteiger partial charge >= 0.3 is 0 Å². The summed E-state index contributed by atoms with van der Waals surface area (Å²) in [5.74, 6) is 0.590. The molecular formula is C17H26N2O. The maximum Gasteiger partial charge on any atom is 0.225 e. The topological polar surface area (TPSA) is 44.1 Å². The first-order valence-electron chi connectivity index (χ1n) is 7.42. The molecule has 0 saturated carbocycles. The zero-order chi connectivity index (χ0) is 15.2. The molecule has 0 aromatic rings. The molecule has 1 aliphatic heterocycles. The molecule has 0 N–H and O–H groups in total. The molecule has 1 saturated heterocycles. The van der Waals surface area contributed by atoms with Gasteiger partial charge < -0.3 is 4.90 Å². The average molecular weight is 274 g/mol. The molecule has 0 unspecified atom stereocenters. The van der Waals surface area contributed by atoms with Crippen LogP contribution in [-0.2, 0) is 4.79 Å². The maximum atomic E-state index is 12.0. The highest BCUT2D eigenvalue weighted by atomic mass is 16.2. The van der Waals surface area contributed by atoms with E-state index in [4.69, 9.17) is 0 Å². The van der Waals surface area contributed by atoms with Gasteiger partial charge in [0.25, 0.3) is 0 Å². The second-order valence-corrected chi connectivity index (χ2v) is 6.01. The van der Waals surface area contributed by atoms with Gasteiger partial charge in [-0.15, -0.1) is 13.2 Å². The van der Waals surface area contributed by atoms with Crippen LogP contribution in [0, 0.1) is 28.6 Å². The zero-order valence-corrected chi connectivity index (χ0v) is 12.8. The number of carbonyl (C=O) groups excluding carboxylic acids is 1. The van der Waals surface area contributed by atoms with Crippen LogP contribution in [0.1, 0.15) is 39.5 Å². The second-order valence-electron chi connectivity index (χ2n) is 6.01. The monoisotopic (exact) mass is 274 g/mol. The lowest BCUT2D eigenvalue weighted by atomic mass is 9.68. The summed E-state index contributed by atoms with van der Waals surface area (Å²) in [6, 6.07) is 2.51. The number of carbonyl (C=O) groups is 1. The van der Waals surface area contributed by atoms with E-state index >= 15 is 0 Å². The molecule has 0 aliphatic carbocycles. The van der Waals surface area contributed by atoms with Crippen LogP contribution < -0.4 is 0 Å². The van der Waals surface area contributed by atoms with Gasteiger partial charge in [-0.2, -0.15) is 5.26 Å². The van der Waals surface area contributed by atoms with Gasteiger partial charge in [-0.3, -0.25) is 4.79 Å². The fourth-order valence-electron chi connectivity index (χ4n) is 3.13. The summed E-state index contributed by atoms with van der Waals surface area (Å²) in [7, 11) is 0. The molecule has 1 rings (SSSR count). The van der Waals surface area contributed by atoms with E-state index in [-0.39, 0.29) is 11.8 Å². The molecule has 0 spiro atoms. The Balaban J connectivity index is 2.75. The summed E-state index contributed by atoms with van der Waals surface area (Å²) in [6.45, 7) is 13.0. The van der Waals surface area contributed by atoms with Crippen LogP contribution >= 0.6 is 0 Å². The van der Waals surface area contributed by atoms with E-state index in [9.17, 15) is 10.1 Å². The lowest BCUT2D eigenvalue weighted by Crippen LogP contribution is -2.44. The van der Waals surface area contributed by atoms with Gasteiger partial charge in [0, 0.05) is 19.0 Å². The SMILES string of the molecule is C=CCC(C#N)(CC=C)C1CCN(C(=O)C(C)C)CC1. The van der Waals surface area contributed by atoms with Gasteiger partial charge in [-0.05, 0) is 31.6 Å². The molecule has 1 amide bonds. The van der Waals surface area contributed by atoms with Gasteiger partial charge in [0.05, 0.1) is 11.5 Å². The minimum atomic E-state index is -0.392. The second kappa shape index (κ2) is 7.28. The third-order valence-corrected chi connectivity index (χ3v) is 4.32. The molecule has 3 heteroatoms. The largest absolute Gasteiger partial charge is 0.342 e. The summed E-state index contributed by atoms with van der Waals surface area (Å²) >= 11 is 0. The van der Waals surface area contributed by atoms with Crippen LogP contribution in [0.15, 0.2) is 25.3 Å². The lowest BCUT2D eigenvalue weighted by molar-refractivity contribution is -0.136. The fourth-order valence-corrected chi connectivity index (χ4v) is 3.13. The first-order valence-corrected chi connectivity index (χ1v) is 7.42. The highest BCUT2D eigenvalue weighted by Gasteiger charge is 2.39. The average Bonchev–Trinajstić information content (AvgIpc) is 2.46. The number of nitriles is 1. The number of likely N-dealkylation sites (tertiary alicyclic amines) is 1. The minimum absolute atomic E-state index is 0.0497. The highest BCUT2D eigenvalue weighted by molar-refractivity contribution is 5.78. The Hall–Kier alpha value is -1.56. The first-order chi connectivity index (χ1) is 9.50. The molecule has 0 bridgehead atoms. The molecule has 0 aromatic heterocycles. The third kappa shape index (κ3) is 3.50. The minimum Gasteiger partial charge on any atom is -0.342 e. The van der Waals surface area contributed by atoms with Crippen molar-refractivity contribution in [3.63, 3.8) is 0 Å². The van der Waals surface area contributed by atoms with E-state index in [1.165, 1.54) is 0 Å². The van der Waals surface area contributed by atoms with Crippen LogP contribution in [0.2, 0.25) is 0 Å². The summed E-state index contributed by atoms with van der Waals surface area (Å²) in [5, 5.41) is 9.63. The maximum absolute atomic E-state index is 12.0. The van der Waals surface area contributed by atoms with Gasteiger partial charge in [0.2, 0.25) is 5.91 Å². The number of amides is 1.